The third-order valence-corrected chi connectivity index (χ3v) is 3.41. The van der Waals surface area contributed by atoms with Crippen LogP contribution in [0, 0.1) is 0 Å². The fourth-order valence-corrected chi connectivity index (χ4v) is 2.17. The molecule has 0 saturated heterocycles. The molecule has 1 aromatic carbocycles. The third kappa shape index (κ3) is 4.01. The first-order chi connectivity index (χ1) is 9.16. The topological polar surface area (TPSA) is 42.1 Å². The number of aromatic nitrogens is 1. The zero-order valence-corrected chi connectivity index (χ0v) is 12.7. The van der Waals surface area contributed by atoms with Crippen LogP contribution < -0.4 is 10.6 Å². The molecule has 19 heavy (non-hydrogen) atoms. The van der Waals surface area contributed by atoms with E-state index in [2.05, 4.69) is 33.0 Å². The van der Waals surface area contributed by atoms with Crippen molar-refractivity contribution in [2.45, 2.75) is 6.42 Å². The second-order valence-corrected chi connectivity index (χ2v) is 5.39. The van der Waals surface area contributed by atoms with E-state index >= 15 is 0 Å². The predicted molar refractivity (Wildman–Crippen MR) is 86.2 cm³/mol. The van der Waals surface area contributed by atoms with Crippen LogP contribution in [0.15, 0.2) is 53.1 Å². The molecule has 1 heterocycles. The van der Waals surface area contributed by atoms with Gasteiger partial charge in [0.25, 0.3) is 0 Å². The number of nitrogens with two attached hydrogens (primary N) is 1. The fraction of sp³-hybridized carbons (Fsp3) is 0.143. The SMILES string of the molecule is NC(=S)N(CCc1ccccc1)c1ccc(Br)cn1. The van der Waals surface area contributed by atoms with Gasteiger partial charge in [0, 0.05) is 17.2 Å². The largest absolute Gasteiger partial charge is 0.376 e. The molecule has 0 atom stereocenters. The highest BCUT2D eigenvalue weighted by molar-refractivity contribution is 9.10. The molecule has 0 saturated carbocycles. The lowest BCUT2D eigenvalue weighted by atomic mass is 10.1. The maximum absolute atomic E-state index is 5.78. The number of halogens is 1. The quantitative estimate of drug-likeness (QED) is 0.871. The van der Waals surface area contributed by atoms with Crippen LogP contribution in [0.25, 0.3) is 0 Å². The number of thiocarbonyl (C=S) groups is 1. The van der Waals surface area contributed by atoms with Crippen molar-refractivity contribution in [2.75, 3.05) is 11.4 Å². The number of anilines is 1. The predicted octanol–water partition coefficient (Wildman–Crippen LogP) is 3.14. The first-order valence-electron chi connectivity index (χ1n) is 5.89. The molecule has 0 spiro atoms. The molecule has 0 fully saturated rings. The first kappa shape index (κ1) is 14.0. The van der Waals surface area contributed by atoms with E-state index in [0.29, 0.717) is 11.7 Å². The number of benzene rings is 1. The van der Waals surface area contributed by atoms with E-state index in [1.54, 1.807) is 6.20 Å². The van der Waals surface area contributed by atoms with Gasteiger partial charge in [0.05, 0.1) is 0 Å². The smallest absolute Gasteiger partial charge is 0.171 e. The first-order valence-corrected chi connectivity index (χ1v) is 7.09. The summed E-state index contributed by atoms with van der Waals surface area (Å²) in [6.45, 7) is 0.716. The molecule has 0 aliphatic heterocycles. The van der Waals surface area contributed by atoms with Gasteiger partial charge >= 0.3 is 0 Å². The van der Waals surface area contributed by atoms with Crippen molar-refractivity contribution < 1.29 is 0 Å². The van der Waals surface area contributed by atoms with Crippen LogP contribution in [0.3, 0.4) is 0 Å². The van der Waals surface area contributed by atoms with Gasteiger partial charge in [-0.3, -0.25) is 0 Å². The highest BCUT2D eigenvalue weighted by atomic mass is 79.9. The van der Waals surface area contributed by atoms with Gasteiger partial charge in [-0.2, -0.15) is 0 Å². The maximum Gasteiger partial charge on any atom is 0.171 e. The summed E-state index contributed by atoms with van der Waals surface area (Å²) < 4.78 is 0.933. The zero-order chi connectivity index (χ0) is 13.7. The Morgan fingerprint density at radius 2 is 1.95 bits per heavy atom. The van der Waals surface area contributed by atoms with Gasteiger partial charge in [-0.25, -0.2) is 4.98 Å². The number of hydrogen-bond acceptors (Lipinski definition) is 2. The molecule has 0 bridgehead atoms. The lowest BCUT2D eigenvalue weighted by Crippen LogP contribution is -2.37. The molecule has 1 aromatic heterocycles. The summed E-state index contributed by atoms with van der Waals surface area (Å²) >= 11 is 8.46. The minimum Gasteiger partial charge on any atom is -0.376 e. The van der Waals surface area contributed by atoms with E-state index in [0.717, 1.165) is 16.7 Å². The molecule has 2 rings (SSSR count). The monoisotopic (exact) mass is 335 g/mol. The molecular formula is C14H14BrN3S. The standard InChI is InChI=1S/C14H14BrN3S/c15-12-6-7-13(17-10-12)18(14(16)19)9-8-11-4-2-1-3-5-11/h1-7,10H,8-9H2,(H2,16,19). The maximum atomic E-state index is 5.78. The van der Waals surface area contributed by atoms with E-state index in [4.69, 9.17) is 18.0 Å². The normalized spacial score (nSPS) is 10.2. The minimum absolute atomic E-state index is 0.339. The molecule has 2 N–H and O–H groups in total. The van der Waals surface area contributed by atoms with Crippen LogP contribution in [-0.4, -0.2) is 16.6 Å². The molecule has 0 unspecified atom stereocenters. The summed E-state index contributed by atoms with van der Waals surface area (Å²) in [5.74, 6) is 0.770. The van der Waals surface area contributed by atoms with Crippen molar-refractivity contribution in [3.05, 3.63) is 58.7 Å². The van der Waals surface area contributed by atoms with Crippen molar-refractivity contribution in [3.8, 4) is 0 Å². The second kappa shape index (κ2) is 6.63. The van der Waals surface area contributed by atoms with Gasteiger partial charge in [-0.05, 0) is 52.3 Å². The van der Waals surface area contributed by atoms with Gasteiger partial charge in [-0.1, -0.05) is 30.3 Å². The summed E-state index contributed by atoms with van der Waals surface area (Å²) in [6, 6.07) is 14.1. The highest BCUT2D eigenvalue weighted by Gasteiger charge is 2.10. The number of rotatable bonds is 4. The van der Waals surface area contributed by atoms with Crippen molar-refractivity contribution in [2.24, 2.45) is 5.73 Å². The molecule has 3 nitrogen and oxygen atoms in total. The van der Waals surface area contributed by atoms with Crippen molar-refractivity contribution in [1.82, 2.24) is 4.98 Å². The summed E-state index contributed by atoms with van der Waals surface area (Å²) in [4.78, 5) is 6.17. The summed E-state index contributed by atoms with van der Waals surface area (Å²) in [5, 5.41) is 0.339. The average molecular weight is 336 g/mol. The Balaban J connectivity index is 2.09. The summed E-state index contributed by atoms with van der Waals surface area (Å²) in [6.07, 6.45) is 2.61. The Morgan fingerprint density at radius 3 is 2.53 bits per heavy atom. The van der Waals surface area contributed by atoms with E-state index in [9.17, 15) is 0 Å². The Hall–Kier alpha value is -1.46. The summed E-state index contributed by atoms with van der Waals surface area (Å²) in [5.41, 5.74) is 7.03. The lowest BCUT2D eigenvalue weighted by molar-refractivity contribution is 0.918. The molecule has 0 aliphatic rings. The Labute approximate surface area is 126 Å². The van der Waals surface area contributed by atoms with Crippen LogP contribution in [-0.2, 0) is 6.42 Å². The highest BCUT2D eigenvalue weighted by Crippen LogP contribution is 2.15. The molecular weight excluding hydrogens is 322 g/mol. The molecule has 0 amide bonds. The van der Waals surface area contributed by atoms with Crippen LogP contribution in [0.5, 0.6) is 0 Å². The lowest BCUT2D eigenvalue weighted by Gasteiger charge is -2.21. The Kier molecular flexibility index (Phi) is 4.87. The Bertz CT molecular complexity index is 542. The zero-order valence-electron chi connectivity index (χ0n) is 10.3. The third-order valence-electron chi connectivity index (χ3n) is 2.72. The number of pyridine rings is 1. The van der Waals surface area contributed by atoms with Gasteiger partial charge in [0.2, 0.25) is 0 Å². The van der Waals surface area contributed by atoms with Crippen molar-refractivity contribution >= 4 is 39.1 Å². The van der Waals surface area contributed by atoms with Crippen LogP contribution in [0.4, 0.5) is 5.82 Å². The van der Waals surface area contributed by atoms with Gasteiger partial charge in [-0.15, -0.1) is 0 Å². The number of hydrogen-bond donors (Lipinski definition) is 1. The van der Waals surface area contributed by atoms with E-state index < -0.39 is 0 Å². The van der Waals surface area contributed by atoms with E-state index in [1.807, 2.05) is 35.2 Å². The molecule has 0 aliphatic carbocycles. The molecule has 2 aromatic rings. The average Bonchev–Trinajstić information content (AvgIpc) is 2.42. The van der Waals surface area contributed by atoms with Crippen molar-refractivity contribution in [1.29, 1.82) is 0 Å². The Morgan fingerprint density at radius 1 is 1.21 bits per heavy atom. The van der Waals surface area contributed by atoms with Gasteiger partial charge < -0.3 is 10.6 Å². The van der Waals surface area contributed by atoms with Crippen molar-refractivity contribution in [3.63, 3.8) is 0 Å². The molecule has 98 valence electrons. The molecule has 0 radical (unpaired) electrons. The second-order valence-electron chi connectivity index (χ2n) is 4.06. The number of nitrogens with zero attached hydrogens (tertiary/aromatic N) is 2. The van der Waals surface area contributed by atoms with Crippen LogP contribution in [0.2, 0.25) is 0 Å². The van der Waals surface area contributed by atoms with E-state index in [1.165, 1.54) is 5.56 Å². The van der Waals surface area contributed by atoms with Crippen LogP contribution >= 0.6 is 28.1 Å². The van der Waals surface area contributed by atoms with Gasteiger partial charge in [0.1, 0.15) is 5.82 Å². The van der Waals surface area contributed by atoms with E-state index in [-0.39, 0.29) is 0 Å². The fourth-order valence-electron chi connectivity index (χ4n) is 1.75. The minimum atomic E-state index is 0.339. The summed E-state index contributed by atoms with van der Waals surface area (Å²) in [7, 11) is 0. The van der Waals surface area contributed by atoms with Crippen LogP contribution in [0.1, 0.15) is 5.56 Å². The molecule has 5 heteroatoms. The van der Waals surface area contributed by atoms with Gasteiger partial charge in [0.15, 0.2) is 5.11 Å².